The molecule has 0 saturated heterocycles. The molecule has 0 spiro atoms. The van der Waals surface area contributed by atoms with Gasteiger partial charge in [0, 0.05) is 0 Å². The number of phosphoric acid groups is 1. The number of benzene rings is 4. The van der Waals surface area contributed by atoms with E-state index in [0.717, 1.165) is 38.2 Å². The van der Waals surface area contributed by atoms with Crippen LogP contribution < -0.4 is 15.9 Å². The Morgan fingerprint density at radius 3 is 1.29 bits per heavy atom. The molecule has 0 heterocycles. The van der Waals surface area contributed by atoms with E-state index in [0.29, 0.717) is 6.16 Å². The number of hydrogen-bond acceptors (Lipinski definition) is 2. The summed E-state index contributed by atoms with van der Waals surface area (Å²) in [5.74, 6) is 0. The summed E-state index contributed by atoms with van der Waals surface area (Å²) >= 11 is 0. The molecule has 0 atom stereocenters. The Labute approximate surface area is 201 Å². The van der Waals surface area contributed by atoms with Crippen LogP contribution in [-0.4, -0.2) is 9.79 Å². The zero-order valence-corrected chi connectivity index (χ0v) is 21.4. The van der Waals surface area contributed by atoms with Gasteiger partial charge < -0.3 is 0 Å². The predicted octanol–water partition coefficient (Wildman–Crippen LogP) is 5.67. The van der Waals surface area contributed by atoms with Gasteiger partial charge in [0.15, 0.2) is 0 Å². The molecule has 6 heteroatoms. The summed E-state index contributed by atoms with van der Waals surface area (Å²) in [6, 6.07) is 33.5. The van der Waals surface area contributed by atoms with E-state index in [-0.39, 0.29) is 0 Å². The van der Waals surface area contributed by atoms with Gasteiger partial charge in [-0.3, -0.25) is 0 Å². The van der Waals surface area contributed by atoms with Crippen molar-refractivity contribution in [2.75, 3.05) is 0 Å². The van der Waals surface area contributed by atoms with Gasteiger partial charge in [0.1, 0.15) is 0 Å². The van der Waals surface area contributed by atoms with Gasteiger partial charge in [-0.1, -0.05) is 0 Å². The second-order valence-corrected chi connectivity index (χ2v) is 14.9. The van der Waals surface area contributed by atoms with Gasteiger partial charge in [-0.25, -0.2) is 0 Å². The van der Waals surface area contributed by atoms with Crippen LogP contribution in [0.1, 0.15) is 22.3 Å². The monoisotopic (exact) mass is 492 g/mol. The molecule has 0 aliphatic rings. The number of hydrogen-bond donors (Lipinski definition) is 2. The van der Waals surface area contributed by atoms with Crippen LogP contribution in [0.3, 0.4) is 0 Å². The van der Waals surface area contributed by atoms with Gasteiger partial charge in [0.25, 0.3) is 0 Å². The van der Waals surface area contributed by atoms with Crippen LogP contribution in [0.4, 0.5) is 0 Å². The van der Waals surface area contributed by atoms with Crippen molar-refractivity contribution < 1.29 is 18.7 Å². The van der Waals surface area contributed by atoms with Crippen molar-refractivity contribution in [3.63, 3.8) is 0 Å². The Morgan fingerprint density at radius 2 is 0.971 bits per heavy atom. The van der Waals surface area contributed by atoms with Gasteiger partial charge in [-0.2, -0.15) is 0 Å². The first-order chi connectivity index (χ1) is 16.1. The van der Waals surface area contributed by atoms with E-state index in [1.165, 1.54) is 0 Å². The Bertz CT molecular complexity index is 1200. The Kier molecular flexibility index (Phi) is 6.66. The average molecular weight is 492 g/mol. The molecule has 4 aromatic rings. The Balaban J connectivity index is 2.23. The molecule has 0 unspecified atom stereocenters. The first-order valence-electron chi connectivity index (χ1n) is 11.2. The zero-order chi connectivity index (χ0) is 24.4. The van der Waals surface area contributed by atoms with E-state index in [4.69, 9.17) is 4.31 Å². The molecule has 2 N–H and O–H groups in total. The molecular weight excluding hydrogens is 462 g/mol. The molecule has 0 radical (unpaired) electrons. The van der Waals surface area contributed by atoms with Crippen LogP contribution >= 0.6 is 14.7 Å². The second kappa shape index (κ2) is 9.23. The Morgan fingerprint density at radius 1 is 0.618 bits per heavy atom. The topological polar surface area (TPSA) is 66.8 Å². The SMILES string of the molecule is Cc1ccc(P(Cc2ccccc2)(OP(=O)(O)O)(c2ccc(C)cc2)c2ccc(C)cc2)cc1. The van der Waals surface area contributed by atoms with Gasteiger partial charge in [-0.05, 0) is 0 Å². The van der Waals surface area contributed by atoms with Gasteiger partial charge in [0.2, 0.25) is 0 Å². The molecule has 0 aromatic heterocycles. The third kappa shape index (κ3) is 4.53. The molecule has 0 saturated carbocycles. The maximum atomic E-state index is 12.9. The fraction of sp³-hybridized carbons (Fsp3) is 0.143. The Hall–Kier alpha value is -2.58. The molecule has 4 nitrogen and oxygen atoms in total. The molecule has 0 amide bonds. The summed E-state index contributed by atoms with van der Waals surface area (Å²) in [5.41, 5.74) is 4.12. The van der Waals surface area contributed by atoms with Crippen molar-refractivity contribution in [1.29, 1.82) is 0 Å². The fourth-order valence-electron chi connectivity index (χ4n) is 4.64. The van der Waals surface area contributed by atoms with Crippen LogP contribution in [0.15, 0.2) is 103 Å². The quantitative estimate of drug-likeness (QED) is 0.327. The normalized spacial score (nSPS) is 13.3. The zero-order valence-electron chi connectivity index (χ0n) is 19.6. The summed E-state index contributed by atoms with van der Waals surface area (Å²) in [6.07, 6.45) is 0.312. The third-order valence-corrected chi connectivity index (χ3v) is 13.8. The van der Waals surface area contributed by atoms with E-state index in [1.54, 1.807) is 0 Å². The molecule has 4 rings (SSSR count). The van der Waals surface area contributed by atoms with E-state index in [2.05, 4.69) is 0 Å². The molecule has 0 bridgehead atoms. The summed E-state index contributed by atoms with van der Waals surface area (Å²) in [7, 11) is -4.96. The third-order valence-electron chi connectivity index (χ3n) is 6.35. The molecule has 176 valence electrons. The van der Waals surface area contributed by atoms with Crippen LogP contribution in [-0.2, 0) is 15.0 Å². The van der Waals surface area contributed by atoms with Crippen molar-refractivity contribution >= 4 is 30.6 Å². The standard InChI is InChI=1S/C28H30O4P2/c1-22-9-15-26(16-10-22)34(32-33(29,30)31,21-25-7-5-4-6-8-25,27-17-11-23(2)12-18-27)28-19-13-24(3)14-20-28/h4-20H,21H2,1-3H3,(H2,29,30,31). The number of aryl methyl sites for hydroxylation is 3. The predicted molar refractivity (Wildman–Crippen MR) is 143 cm³/mol. The van der Waals surface area contributed by atoms with Crippen molar-refractivity contribution in [2.24, 2.45) is 0 Å². The van der Waals surface area contributed by atoms with Crippen molar-refractivity contribution in [1.82, 2.24) is 0 Å². The molecule has 4 aromatic carbocycles. The summed E-state index contributed by atoms with van der Waals surface area (Å²) in [4.78, 5) is 20.9. The minimum absolute atomic E-state index is 0.312. The van der Waals surface area contributed by atoms with E-state index < -0.39 is 14.7 Å². The first kappa shape index (κ1) is 24.5. The fourth-order valence-corrected chi connectivity index (χ4v) is 12.6. The van der Waals surface area contributed by atoms with E-state index in [1.807, 2.05) is 124 Å². The van der Waals surface area contributed by atoms with Crippen molar-refractivity contribution in [3.05, 3.63) is 125 Å². The summed E-state index contributed by atoms with van der Waals surface area (Å²) < 4.78 is 19.2. The van der Waals surface area contributed by atoms with Gasteiger partial charge in [-0.15, -0.1) is 0 Å². The average Bonchev–Trinajstić information content (AvgIpc) is 2.80. The first-order valence-corrected chi connectivity index (χ1v) is 15.0. The summed E-state index contributed by atoms with van der Waals surface area (Å²) in [5, 5.41) is 2.32. The molecule has 0 aliphatic carbocycles. The van der Waals surface area contributed by atoms with Crippen LogP contribution in [0, 0.1) is 20.8 Å². The van der Waals surface area contributed by atoms with E-state index in [9.17, 15) is 14.4 Å². The van der Waals surface area contributed by atoms with Crippen LogP contribution in [0.5, 0.6) is 0 Å². The van der Waals surface area contributed by atoms with Gasteiger partial charge in [0.05, 0.1) is 0 Å². The molecule has 0 fully saturated rings. The number of rotatable bonds is 7. The van der Waals surface area contributed by atoms with Crippen molar-refractivity contribution in [2.45, 2.75) is 26.9 Å². The summed E-state index contributed by atoms with van der Waals surface area (Å²) in [6.45, 7) is 1.78. The van der Waals surface area contributed by atoms with Crippen LogP contribution in [0.2, 0.25) is 0 Å². The minimum atomic E-state index is -4.96. The second-order valence-electron chi connectivity index (χ2n) is 8.94. The molecular formula is C28H30O4P2. The molecule has 34 heavy (non-hydrogen) atoms. The maximum absolute atomic E-state index is 12.9. The van der Waals surface area contributed by atoms with E-state index >= 15 is 0 Å². The molecule has 0 aliphatic heterocycles. The van der Waals surface area contributed by atoms with Crippen molar-refractivity contribution in [3.8, 4) is 0 Å². The van der Waals surface area contributed by atoms with Crippen LogP contribution in [0.25, 0.3) is 0 Å². The van der Waals surface area contributed by atoms with Gasteiger partial charge >= 0.3 is 202 Å².